The molecular formula is C17H32N4O. The molecular weight excluding hydrogens is 276 g/mol. The maximum Gasteiger partial charge on any atom is 0.191 e. The van der Waals surface area contributed by atoms with E-state index >= 15 is 0 Å². The predicted molar refractivity (Wildman–Crippen MR) is 92.4 cm³/mol. The smallest absolute Gasteiger partial charge is 0.191 e. The first-order chi connectivity index (χ1) is 10.8. The largest absolute Gasteiger partial charge is 0.377 e. The van der Waals surface area contributed by atoms with Crippen molar-refractivity contribution in [2.75, 3.05) is 46.4 Å². The van der Waals surface area contributed by atoms with Crippen LogP contribution in [-0.4, -0.2) is 63.3 Å². The van der Waals surface area contributed by atoms with E-state index in [4.69, 9.17) is 4.74 Å². The van der Waals surface area contributed by atoms with Crippen molar-refractivity contribution < 1.29 is 4.74 Å². The van der Waals surface area contributed by atoms with Gasteiger partial charge >= 0.3 is 0 Å². The van der Waals surface area contributed by atoms with Crippen molar-refractivity contribution in [2.45, 2.75) is 45.1 Å². The van der Waals surface area contributed by atoms with E-state index in [0.29, 0.717) is 6.04 Å². The lowest BCUT2D eigenvalue weighted by Gasteiger charge is -2.32. The highest BCUT2D eigenvalue weighted by molar-refractivity contribution is 5.79. The van der Waals surface area contributed by atoms with Crippen LogP contribution in [-0.2, 0) is 4.74 Å². The summed E-state index contributed by atoms with van der Waals surface area (Å²) in [4.78, 5) is 6.92. The number of nitrogens with zero attached hydrogens (tertiary/aromatic N) is 2. The molecule has 0 aromatic rings. The molecule has 5 heteroatoms. The van der Waals surface area contributed by atoms with Crippen LogP contribution in [0.2, 0.25) is 0 Å². The van der Waals surface area contributed by atoms with Crippen LogP contribution in [0.15, 0.2) is 16.6 Å². The molecule has 0 aliphatic carbocycles. The third-order valence-corrected chi connectivity index (χ3v) is 4.49. The standard InChI is InChI=1S/C17H32N4O/c1-3-10-21-11-5-16(6-12-21)20-17(18-2)19-9-4-15-7-13-22-14-8-15/h7,16H,3-6,8-14H2,1-2H3,(H2,18,19,20). The van der Waals surface area contributed by atoms with Crippen LogP contribution < -0.4 is 10.6 Å². The lowest BCUT2D eigenvalue weighted by atomic mass is 10.1. The number of nitrogens with one attached hydrogen (secondary N) is 2. The predicted octanol–water partition coefficient (Wildman–Crippen LogP) is 1.76. The number of aliphatic imine (C=N–C) groups is 1. The molecule has 2 rings (SSSR count). The van der Waals surface area contributed by atoms with Crippen LogP contribution in [0.5, 0.6) is 0 Å². The Morgan fingerprint density at radius 3 is 2.86 bits per heavy atom. The summed E-state index contributed by atoms with van der Waals surface area (Å²) in [5.41, 5.74) is 1.50. The molecule has 0 radical (unpaired) electrons. The van der Waals surface area contributed by atoms with Gasteiger partial charge in [-0.05, 0) is 38.6 Å². The van der Waals surface area contributed by atoms with Gasteiger partial charge in [-0.15, -0.1) is 0 Å². The Bertz CT molecular complexity index is 373. The van der Waals surface area contributed by atoms with E-state index in [1.54, 1.807) is 0 Å². The SMILES string of the molecule is CCCN1CCC(NC(=NC)NCCC2=CCOCC2)CC1. The Balaban J connectivity index is 1.64. The minimum absolute atomic E-state index is 0.557. The Labute approximate surface area is 135 Å². The van der Waals surface area contributed by atoms with E-state index < -0.39 is 0 Å². The van der Waals surface area contributed by atoms with Gasteiger partial charge < -0.3 is 20.3 Å². The van der Waals surface area contributed by atoms with E-state index in [1.807, 2.05) is 7.05 Å². The molecule has 2 N–H and O–H groups in total. The van der Waals surface area contributed by atoms with Gasteiger partial charge in [-0.2, -0.15) is 0 Å². The average molecular weight is 308 g/mol. The van der Waals surface area contributed by atoms with Crippen molar-refractivity contribution in [3.63, 3.8) is 0 Å². The zero-order chi connectivity index (χ0) is 15.6. The molecule has 0 aromatic heterocycles. The third-order valence-electron chi connectivity index (χ3n) is 4.49. The number of guanidine groups is 1. The number of rotatable bonds is 6. The summed E-state index contributed by atoms with van der Waals surface area (Å²) in [5.74, 6) is 0.946. The monoisotopic (exact) mass is 308 g/mol. The van der Waals surface area contributed by atoms with Gasteiger partial charge in [0.2, 0.25) is 0 Å². The number of hydrogen-bond acceptors (Lipinski definition) is 3. The summed E-state index contributed by atoms with van der Waals surface area (Å²) in [6, 6.07) is 0.557. The van der Waals surface area contributed by atoms with E-state index in [1.165, 1.54) is 44.5 Å². The molecule has 5 nitrogen and oxygen atoms in total. The Hall–Kier alpha value is -1.07. The molecule has 0 spiro atoms. The molecule has 1 saturated heterocycles. The molecule has 0 bridgehead atoms. The van der Waals surface area contributed by atoms with Crippen molar-refractivity contribution in [3.8, 4) is 0 Å². The fourth-order valence-electron chi connectivity index (χ4n) is 3.14. The summed E-state index contributed by atoms with van der Waals surface area (Å²) in [6.07, 6.45) is 8.04. The van der Waals surface area contributed by atoms with Crippen LogP contribution in [0.1, 0.15) is 39.0 Å². The van der Waals surface area contributed by atoms with Crippen LogP contribution in [0.3, 0.4) is 0 Å². The molecule has 0 unspecified atom stereocenters. The lowest BCUT2D eigenvalue weighted by Crippen LogP contribution is -2.48. The highest BCUT2D eigenvalue weighted by Gasteiger charge is 2.19. The quantitative estimate of drug-likeness (QED) is 0.446. The molecule has 2 aliphatic heterocycles. The zero-order valence-electron chi connectivity index (χ0n) is 14.2. The van der Waals surface area contributed by atoms with Gasteiger partial charge in [-0.1, -0.05) is 18.6 Å². The second-order valence-electron chi connectivity index (χ2n) is 6.20. The summed E-state index contributed by atoms with van der Waals surface area (Å²) in [7, 11) is 1.86. The van der Waals surface area contributed by atoms with Gasteiger partial charge in [0, 0.05) is 32.7 Å². The van der Waals surface area contributed by atoms with Crippen molar-refractivity contribution >= 4 is 5.96 Å². The molecule has 22 heavy (non-hydrogen) atoms. The van der Waals surface area contributed by atoms with Gasteiger partial charge in [-0.25, -0.2) is 0 Å². The van der Waals surface area contributed by atoms with E-state index in [2.05, 4.69) is 33.5 Å². The minimum Gasteiger partial charge on any atom is -0.377 e. The van der Waals surface area contributed by atoms with Gasteiger partial charge in [0.1, 0.15) is 0 Å². The first-order valence-electron chi connectivity index (χ1n) is 8.77. The molecule has 0 saturated carbocycles. The van der Waals surface area contributed by atoms with Crippen LogP contribution in [0, 0.1) is 0 Å². The van der Waals surface area contributed by atoms with Crippen LogP contribution in [0.25, 0.3) is 0 Å². The lowest BCUT2D eigenvalue weighted by molar-refractivity contribution is 0.153. The second kappa shape index (κ2) is 9.85. The van der Waals surface area contributed by atoms with E-state index in [-0.39, 0.29) is 0 Å². The molecule has 2 heterocycles. The highest BCUT2D eigenvalue weighted by Crippen LogP contribution is 2.11. The third kappa shape index (κ3) is 5.97. The maximum absolute atomic E-state index is 5.34. The summed E-state index contributed by atoms with van der Waals surface area (Å²) >= 11 is 0. The Morgan fingerprint density at radius 1 is 1.41 bits per heavy atom. The molecule has 126 valence electrons. The molecule has 0 aromatic carbocycles. The van der Waals surface area contributed by atoms with Gasteiger partial charge in [0.25, 0.3) is 0 Å². The van der Waals surface area contributed by atoms with Crippen molar-refractivity contribution in [2.24, 2.45) is 4.99 Å². The summed E-state index contributed by atoms with van der Waals surface area (Å²) < 4.78 is 5.34. The van der Waals surface area contributed by atoms with Crippen molar-refractivity contribution in [1.82, 2.24) is 15.5 Å². The number of ether oxygens (including phenoxy) is 1. The van der Waals surface area contributed by atoms with Crippen molar-refractivity contribution in [1.29, 1.82) is 0 Å². The highest BCUT2D eigenvalue weighted by atomic mass is 16.5. The fraction of sp³-hybridized carbons (Fsp3) is 0.824. The minimum atomic E-state index is 0.557. The van der Waals surface area contributed by atoms with E-state index in [9.17, 15) is 0 Å². The fourth-order valence-corrected chi connectivity index (χ4v) is 3.14. The molecule has 1 fully saturated rings. The average Bonchev–Trinajstić information content (AvgIpc) is 2.57. The van der Waals surface area contributed by atoms with E-state index in [0.717, 1.165) is 38.6 Å². The zero-order valence-corrected chi connectivity index (χ0v) is 14.2. The van der Waals surface area contributed by atoms with Gasteiger partial charge in [-0.3, -0.25) is 4.99 Å². The Kier molecular flexibility index (Phi) is 7.74. The molecule has 0 amide bonds. The normalized spacial score (nSPS) is 21.5. The van der Waals surface area contributed by atoms with Crippen molar-refractivity contribution in [3.05, 3.63) is 11.6 Å². The molecule has 0 atom stereocenters. The Morgan fingerprint density at radius 2 is 2.23 bits per heavy atom. The van der Waals surface area contributed by atoms with Crippen LogP contribution in [0.4, 0.5) is 0 Å². The first-order valence-corrected chi connectivity index (χ1v) is 8.77. The number of hydrogen-bond donors (Lipinski definition) is 2. The number of piperidine rings is 1. The molecule has 2 aliphatic rings. The second-order valence-corrected chi connectivity index (χ2v) is 6.20. The van der Waals surface area contributed by atoms with Gasteiger partial charge in [0.05, 0.1) is 13.2 Å². The summed E-state index contributed by atoms with van der Waals surface area (Å²) in [6.45, 7) is 8.49. The number of likely N-dealkylation sites (tertiary alicyclic amines) is 1. The first kappa shape index (κ1) is 17.3. The van der Waals surface area contributed by atoms with Gasteiger partial charge in [0.15, 0.2) is 5.96 Å². The summed E-state index contributed by atoms with van der Waals surface area (Å²) in [5, 5.41) is 7.02. The topological polar surface area (TPSA) is 48.9 Å². The van der Waals surface area contributed by atoms with Crippen LogP contribution >= 0.6 is 0 Å². The maximum atomic E-state index is 5.34.